The molecular formula is C34H27ClF3N3O3S2. The third kappa shape index (κ3) is 8.90. The Morgan fingerprint density at radius 3 is 2.39 bits per heavy atom. The molecule has 0 fully saturated rings. The first kappa shape index (κ1) is 33.1. The van der Waals surface area contributed by atoms with Crippen molar-refractivity contribution >= 4 is 63.0 Å². The number of halogens is 4. The van der Waals surface area contributed by atoms with Gasteiger partial charge in [-0.05, 0) is 83.4 Å². The van der Waals surface area contributed by atoms with Gasteiger partial charge in [-0.2, -0.15) is 13.2 Å². The van der Waals surface area contributed by atoms with E-state index in [1.165, 1.54) is 23.5 Å². The summed E-state index contributed by atoms with van der Waals surface area (Å²) in [5.74, 6) is -1.40. The molecule has 1 amide bonds. The van der Waals surface area contributed by atoms with E-state index in [9.17, 15) is 22.8 Å². The summed E-state index contributed by atoms with van der Waals surface area (Å²) >= 11 is 7.55. The molecule has 236 valence electrons. The first-order valence-corrected chi connectivity index (χ1v) is 16.1. The molecule has 5 rings (SSSR count). The van der Waals surface area contributed by atoms with E-state index in [2.05, 4.69) is 5.32 Å². The van der Waals surface area contributed by atoms with Gasteiger partial charge in [0.15, 0.2) is 5.13 Å². The van der Waals surface area contributed by atoms with Gasteiger partial charge >= 0.3 is 11.5 Å². The number of nitrogens with one attached hydrogen (secondary N) is 1. The molecule has 0 atom stereocenters. The van der Waals surface area contributed by atoms with Crippen LogP contribution in [0.15, 0.2) is 113 Å². The number of alkyl halides is 3. The zero-order valence-electron chi connectivity index (χ0n) is 24.1. The highest BCUT2D eigenvalue weighted by Gasteiger charge is 2.29. The van der Waals surface area contributed by atoms with Crippen molar-refractivity contribution < 1.29 is 27.9 Å². The van der Waals surface area contributed by atoms with E-state index >= 15 is 0 Å². The zero-order chi connectivity index (χ0) is 32.7. The van der Waals surface area contributed by atoms with Crippen LogP contribution in [0.3, 0.4) is 0 Å². The van der Waals surface area contributed by atoms with E-state index < -0.39 is 11.5 Å². The third-order valence-corrected chi connectivity index (χ3v) is 8.93. The van der Waals surface area contributed by atoms with Gasteiger partial charge in [0.2, 0.25) is 0 Å². The predicted octanol–water partition coefficient (Wildman–Crippen LogP) is 9.43. The van der Waals surface area contributed by atoms with Crippen molar-refractivity contribution in [3.63, 3.8) is 0 Å². The van der Waals surface area contributed by atoms with Gasteiger partial charge in [-0.1, -0.05) is 77.6 Å². The molecule has 0 bridgehead atoms. The lowest BCUT2D eigenvalue weighted by atomic mass is 10.0. The lowest BCUT2D eigenvalue weighted by molar-refractivity contribution is -0.136. The summed E-state index contributed by atoms with van der Waals surface area (Å²) in [6.45, 7) is 0.315. The van der Waals surface area contributed by atoms with Crippen molar-refractivity contribution in [3.05, 3.63) is 125 Å². The maximum Gasteiger partial charge on any atom is 0.446 e. The van der Waals surface area contributed by atoms with Crippen molar-refractivity contribution in [2.75, 3.05) is 11.4 Å². The summed E-state index contributed by atoms with van der Waals surface area (Å²) < 4.78 is 39.2. The molecule has 0 unspecified atom stereocenters. The molecule has 1 aliphatic carbocycles. The maximum absolute atomic E-state index is 13.1. The topological polar surface area (TPSA) is 82.5 Å². The number of hydrogen-bond acceptors (Lipinski definition) is 6. The molecule has 0 saturated carbocycles. The fourth-order valence-electron chi connectivity index (χ4n) is 4.63. The summed E-state index contributed by atoms with van der Waals surface area (Å²) in [7, 11) is 0. The smallest absolute Gasteiger partial charge is 0.446 e. The van der Waals surface area contributed by atoms with E-state index in [4.69, 9.17) is 21.7 Å². The number of rotatable bonds is 11. The second kappa shape index (κ2) is 14.8. The molecule has 1 aliphatic rings. The van der Waals surface area contributed by atoms with Crippen LogP contribution in [0.2, 0.25) is 0 Å². The predicted molar refractivity (Wildman–Crippen MR) is 178 cm³/mol. The number of hydrogen-bond donors (Lipinski definition) is 2. The number of thiazole rings is 1. The average Bonchev–Trinajstić information content (AvgIpc) is 3.35. The highest BCUT2D eigenvalue weighted by molar-refractivity contribution is 8.00. The Bertz CT molecular complexity index is 1790. The fourth-order valence-corrected chi connectivity index (χ4v) is 6.45. The Morgan fingerprint density at radius 1 is 1.00 bits per heavy atom. The highest BCUT2D eigenvalue weighted by atomic mass is 35.5. The van der Waals surface area contributed by atoms with Crippen molar-refractivity contribution in [1.82, 2.24) is 10.3 Å². The van der Waals surface area contributed by atoms with Crippen molar-refractivity contribution in [1.29, 1.82) is 0 Å². The minimum Gasteiger partial charge on any atom is -0.481 e. The summed E-state index contributed by atoms with van der Waals surface area (Å²) in [5.41, 5.74) is 0.137. The summed E-state index contributed by atoms with van der Waals surface area (Å²) in [5, 5.41) is 12.6. The van der Waals surface area contributed by atoms with Crippen molar-refractivity contribution in [2.45, 2.75) is 29.8 Å². The van der Waals surface area contributed by atoms with Crippen LogP contribution in [0.25, 0.3) is 16.0 Å². The maximum atomic E-state index is 13.1. The largest absolute Gasteiger partial charge is 0.481 e. The Morgan fingerprint density at radius 2 is 1.72 bits per heavy atom. The van der Waals surface area contributed by atoms with Crippen LogP contribution in [-0.4, -0.2) is 34.0 Å². The number of thioether (sulfide) groups is 1. The number of allylic oxidation sites excluding steroid dienone is 6. The first-order valence-electron chi connectivity index (χ1n) is 14.1. The molecular weight excluding hydrogens is 655 g/mol. The Balaban J connectivity index is 1.52. The van der Waals surface area contributed by atoms with Gasteiger partial charge in [0.1, 0.15) is 0 Å². The van der Waals surface area contributed by atoms with Crippen LogP contribution in [0.5, 0.6) is 0 Å². The quantitative estimate of drug-likeness (QED) is 0.154. The minimum absolute atomic E-state index is 0.0106. The van der Waals surface area contributed by atoms with E-state index in [1.54, 1.807) is 36.4 Å². The standard InChI is InChI=1S/C34H27ClF3N3O3S2/c35-26-8-4-7-23(13-14-26)30-31(24-5-2-1-3-6-24)45-33(40-30)41(27-15-17-28(18-16-27)46-34(36,37)38)21-22-9-11-25(12-10-22)32(44)39-20-19-29(42)43/h1-6,8-18H,7,19-21H2,(H,39,44)(H,42,43). The lowest BCUT2D eigenvalue weighted by Gasteiger charge is -2.23. The molecule has 1 heterocycles. The molecule has 4 aromatic rings. The van der Waals surface area contributed by atoms with Crippen molar-refractivity contribution in [3.8, 4) is 10.4 Å². The van der Waals surface area contributed by atoms with Crippen LogP contribution in [0, 0.1) is 0 Å². The summed E-state index contributed by atoms with van der Waals surface area (Å²) in [6, 6.07) is 22.8. The first-order chi connectivity index (χ1) is 22.1. The molecule has 0 saturated heterocycles. The average molecular weight is 682 g/mol. The second-order valence-electron chi connectivity index (χ2n) is 10.1. The van der Waals surface area contributed by atoms with Gasteiger partial charge in [-0.3, -0.25) is 9.59 Å². The Labute approximate surface area is 276 Å². The molecule has 3 aromatic carbocycles. The monoisotopic (exact) mass is 681 g/mol. The Kier molecular flexibility index (Phi) is 10.7. The number of amides is 1. The number of carbonyl (C=O) groups excluding carboxylic acids is 1. The minimum atomic E-state index is -4.41. The number of aromatic nitrogens is 1. The number of aliphatic carboxylic acids is 1. The summed E-state index contributed by atoms with van der Waals surface area (Å²) in [4.78, 5) is 31.3. The van der Waals surface area contributed by atoms with Gasteiger partial charge in [-0.15, -0.1) is 0 Å². The SMILES string of the molecule is O=C(O)CCNC(=O)c1ccc(CN(c2ccc(SC(F)(F)F)cc2)c2nc(C3=CC=C(Cl)C=CC3)c(-c3ccccc3)s2)cc1. The van der Waals surface area contributed by atoms with Gasteiger partial charge < -0.3 is 15.3 Å². The number of nitrogens with zero attached hydrogens (tertiary/aromatic N) is 2. The van der Waals surface area contributed by atoms with E-state index in [0.29, 0.717) is 34.4 Å². The van der Waals surface area contributed by atoms with E-state index in [0.717, 1.165) is 27.3 Å². The van der Waals surface area contributed by atoms with Crippen LogP contribution < -0.4 is 10.2 Å². The van der Waals surface area contributed by atoms with Crippen LogP contribution in [0.1, 0.15) is 34.5 Å². The van der Waals surface area contributed by atoms with Gasteiger partial charge in [-0.25, -0.2) is 4.98 Å². The normalized spacial score (nSPS) is 13.0. The summed E-state index contributed by atoms with van der Waals surface area (Å²) in [6.07, 6.45) is 8.00. The van der Waals surface area contributed by atoms with Gasteiger partial charge in [0, 0.05) is 27.7 Å². The van der Waals surface area contributed by atoms with Gasteiger partial charge in [0.05, 0.1) is 23.5 Å². The van der Waals surface area contributed by atoms with Crippen LogP contribution >= 0.6 is 34.7 Å². The number of carboxylic acids is 1. The zero-order valence-corrected chi connectivity index (χ0v) is 26.5. The third-order valence-electron chi connectivity index (χ3n) is 6.81. The molecule has 2 N–H and O–H groups in total. The molecule has 46 heavy (non-hydrogen) atoms. The highest BCUT2D eigenvalue weighted by Crippen LogP contribution is 2.43. The van der Waals surface area contributed by atoms with Gasteiger partial charge in [0.25, 0.3) is 5.91 Å². The molecule has 6 nitrogen and oxygen atoms in total. The van der Waals surface area contributed by atoms with E-state index in [-0.39, 0.29) is 35.5 Å². The molecule has 0 spiro atoms. The number of anilines is 2. The lowest BCUT2D eigenvalue weighted by Crippen LogP contribution is -2.26. The molecule has 0 aliphatic heterocycles. The fraction of sp³-hybridized carbons (Fsp3) is 0.147. The number of benzene rings is 3. The number of carbonyl (C=O) groups is 2. The Hall–Kier alpha value is -4.32. The second-order valence-corrected chi connectivity index (χ2v) is 12.7. The molecule has 12 heteroatoms. The van der Waals surface area contributed by atoms with E-state index in [1.807, 2.05) is 59.5 Å². The number of carboxylic acid groups (broad SMARTS) is 1. The van der Waals surface area contributed by atoms with Crippen LogP contribution in [-0.2, 0) is 11.3 Å². The van der Waals surface area contributed by atoms with Crippen molar-refractivity contribution in [2.24, 2.45) is 0 Å². The molecule has 1 aromatic heterocycles. The van der Waals surface area contributed by atoms with Crippen LogP contribution in [0.4, 0.5) is 24.0 Å². The molecule has 0 radical (unpaired) electrons.